The number of hydrazone groups is 1. The largest absolute Gasteiger partial charge is 0.488 e. The van der Waals surface area contributed by atoms with E-state index in [0.29, 0.717) is 12.4 Å². The summed E-state index contributed by atoms with van der Waals surface area (Å²) >= 11 is 3.39. The Morgan fingerprint density at radius 3 is 2.67 bits per heavy atom. The Kier molecular flexibility index (Phi) is 5.34. The number of carbonyl (C=O) groups excluding carboxylic acids is 1. The highest BCUT2D eigenvalue weighted by atomic mass is 79.9. The van der Waals surface area contributed by atoms with E-state index in [4.69, 9.17) is 10.5 Å². The summed E-state index contributed by atoms with van der Waals surface area (Å²) in [4.78, 5) is 10.6. The summed E-state index contributed by atoms with van der Waals surface area (Å²) in [6, 6.07) is 14.6. The molecule has 0 aliphatic carbocycles. The first-order valence-corrected chi connectivity index (χ1v) is 6.99. The second kappa shape index (κ2) is 7.44. The van der Waals surface area contributed by atoms with E-state index in [0.717, 1.165) is 15.6 Å². The number of hydrogen-bond donors (Lipinski definition) is 2. The van der Waals surface area contributed by atoms with E-state index in [1.54, 1.807) is 0 Å². The minimum absolute atomic E-state index is 0.446. The van der Waals surface area contributed by atoms with Gasteiger partial charge in [-0.2, -0.15) is 5.10 Å². The van der Waals surface area contributed by atoms with Gasteiger partial charge in [0.05, 0.1) is 6.21 Å². The number of amides is 2. The van der Waals surface area contributed by atoms with Crippen LogP contribution in [-0.2, 0) is 6.61 Å². The Labute approximate surface area is 130 Å². The standard InChI is InChI=1S/C15H14BrN3O2/c16-13-7-5-11(6-8-13)10-21-14-4-2-1-3-12(14)9-18-19-15(17)20/h1-9H,10H2,(H3,17,19,20)/b18-9+. The molecule has 0 saturated heterocycles. The SMILES string of the molecule is NC(=O)N/N=C/c1ccccc1OCc1ccc(Br)cc1. The van der Waals surface area contributed by atoms with Gasteiger partial charge in [0.15, 0.2) is 0 Å². The summed E-state index contributed by atoms with van der Waals surface area (Å²) < 4.78 is 6.79. The lowest BCUT2D eigenvalue weighted by Crippen LogP contribution is -2.24. The van der Waals surface area contributed by atoms with Crippen LogP contribution in [0, 0.1) is 0 Å². The predicted molar refractivity (Wildman–Crippen MR) is 85.2 cm³/mol. The van der Waals surface area contributed by atoms with Gasteiger partial charge in [-0.15, -0.1) is 0 Å². The fourth-order valence-electron chi connectivity index (χ4n) is 1.63. The van der Waals surface area contributed by atoms with E-state index in [1.165, 1.54) is 6.21 Å². The highest BCUT2D eigenvalue weighted by molar-refractivity contribution is 9.10. The molecule has 21 heavy (non-hydrogen) atoms. The summed E-state index contributed by atoms with van der Waals surface area (Å²) in [5.74, 6) is 0.676. The zero-order chi connectivity index (χ0) is 15.1. The van der Waals surface area contributed by atoms with Gasteiger partial charge in [0.2, 0.25) is 0 Å². The first kappa shape index (κ1) is 15.1. The molecule has 2 amide bonds. The van der Waals surface area contributed by atoms with Crippen molar-refractivity contribution in [1.82, 2.24) is 5.43 Å². The number of urea groups is 1. The molecule has 2 aromatic carbocycles. The van der Waals surface area contributed by atoms with Gasteiger partial charge >= 0.3 is 6.03 Å². The van der Waals surface area contributed by atoms with Crippen LogP contribution in [0.5, 0.6) is 5.75 Å². The van der Waals surface area contributed by atoms with Crippen LogP contribution in [0.2, 0.25) is 0 Å². The van der Waals surface area contributed by atoms with Crippen molar-refractivity contribution < 1.29 is 9.53 Å². The van der Waals surface area contributed by atoms with Crippen LogP contribution in [0.4, 0.5) is 4.79 Å². The van der Waals surface area contributed by atoms with E-state index in [9.17, 15) is 4.79 Å². The second-order valence-corrected chi connectivity index (χ2v) is 5.10. The third kappa shape index (κ3) is 4.92. The molecule has 0 unspecified atom stereocenters. The van der Waals surface area contributed by atoms with Gasteiger partial charge in [-0.25, -0.2) is 10.2 Å². The number of carbonyl (C=O) groups is 1. The number of rotatable bonds is 5. The van der Waals surface area contributed by atoms with Crippen molar-refractivity contribution in [2.45, 2.75) is 6.61 Å². The van der Waals surface area contributed by atoms with Gasteiger partial charge < -0.3 is 10.5 Å². The smallest absolute Gasteiger partial charge is 0.332 e. The minimum Gasteiger partial charge on any atom is -0.488 e. The minimum atomic E-state index is -0.709. The van der Waals surface area contributed by atoms with Crippen molar-refractivity contribution in [3.63, 3.8) is 0 Å². The molecule has 2 aromatic rings. The number of benzene rings is 2. The van der Waals surface area contributed by atoms with E-state index in [1.807, 2.05) is 48.5 Å². The highest BCUT2D eigenvalue weighted by Crippen LogP contribution is 2.18. The molecular weight excluding hydrogens is 334 g/mol. The molecule has 0 radical (unpaired) electrons. The monoisotopic (exact) mass is 347 g/mol. The van der Waals surface area contributed by atoms with Crippen molar-refractivity contribution in [3.8, 4) is 5.75 Å². The fraction of sp³-hybridized carbons (Fsp3) is 0.0667. The van der Waals surface area contributed by atoms with Crippen molar-refractivity contribution in [1.29, 1.82) is 0 Å². The van der Waals surface area contributed by atoms with Gasteiger partial charge in [0.25, 0.3) is 0 Å². The van der Waals surface area contributed by atoms with E-state index >= 15 is 0 Å². The number of nitrogens with zero attached hydrogens (tertiary/aromatic N) is 1. The molecule has 0 bridgehead atoms. The van der Waals surface area contributed by atoms with Gasteiger partial charge in [-0.3, -0.25) is 0 Å². The van der Waals surface area contributed by atoms with E-state index in [2.05, 4.69) is 26.5 Å². The number of nitrogens with two attached hydrogens (primary N) is 1. The van der Waals surface area contributed by atoms with Crippen LogP contribution in [0.15, 0.2) is 58.1 Å². The lowest BCUT2D eigenvalue weighted by atomic mass is 10.2. The summed E-state index contributed by atoms with van der Waals surface area (Å²) in [5, 5.41) is 3.73. The molecule has 5 nitrogen and oxygen atoms in total. The maximum Gasteiger partial charge on any atom is 0.332 e. The number of nitrogens with one attached hydrogen (secondary N) is 1. The Balaban J connectivity index is 2.04. The molecule has 2 rings (SSSR count). The number of para-hydroxylation sites is 1. The van der Waals surface area contributed by atoms with Crippen LogP contribution < -0.4 is 15.9 Å². The number of hydrogen-bond acceptors (Lipinski definition) is 3. The number of ether oxygens (including phenoxy) is 1. The van der Waals surface area contributed by atoms with Crippen molar-refractivity contribution >= 4 is 28.2 Å². The molecule has 0 spiro atoms. The molecule has 108 valence electrons. The number of halogens is 1. The molecule has 3 N–H and O–H groups in total. The number of primary amides is 1. The fourth-order valence-corrected chi connectivity index (χ4v) is 1.89. The molecule has 0 atom stereocenters. The maximum atomic E-state index is 10.6. The van der Waals surface area contributed by atoms with Crippen molar-refractivity contribution in [2.24, 2.45) is 10.8 Å². The molecule has 0 aliphatic heterocycles. The van der Waals surface area contributed by atoms with Gasteiger partial charge in [-0.1, -0.05) is 40.2 Å². The average Bonchev–Trinajstić information content (AvgIpc) is 2.47. The molecule has 0 saturated carbocycles. The lowest BCUT2D eigenvalue weighted by molar-refractivity contribution is 0.249. The van der Waals surface area contributed by atoms with Gasteiger partial charge in [0.1, 0.15) is 12.4 Å². The maximum absolute atomic E-state index is 10.6. The average molecular weight is 348 g/mol. The third-order valence-electron chi connectivity index (χ3n) is 2.60. The van der Waals surface area contributed by atoms with Crippen LogP contribution in [0.25, 0.3) is 0 Å². The Hall–Kier alpha value is -2.34. The summed E-state index contributed by atoms with van der Waals surface area (Å²) in [6.45, 7) is 0.446. The first-order valence-electron chi connectivity index (χ1n) is 6.20. The lowest BCUT2D eigenvalue weighted by Gasteiger charge is -2.09. The Morgan fingerprint density at radius 1 is 1.24 bits per heavy atom. The zero-order valence-electron chi connectivity index (χ0n) is 11.1. The van der Waals surface area contributed by atoms with Crippen molar-refractivity contribution in [2.75, 3.05) is 0 Å². The normalized spacial score (nSPS) is 10.5. The van der Waals surface area contributed by atoms with Crippen molar-refractivity contribution in [3.05, 3.63) is 64.1 Å². The van der Waals surface area contributed by atoms with Crippen LogP contribution in [-0.4, -0.2) is 12.2 Å². The molecule has 0 aliphatic rings. The van der Waals surface area contributed by atoms with E-state index in [-0.39, 0.29) is 0 Å². The van der Waals surface area contributed by atoms with E-state index < -0.39 is 6.03 Å². The Morgan fingerprint density at radius 2 is 1.95 bits per heavy atom. The molecule has 0 heterocycles. The third-order valence-corrected chi connectivity index (χ3v) is 3.13. The summed E-state index contributed by atoms with van der Waals surface area (Å²) in [7, 11) is 0. The molecule has 6 heteroatoms. The van der Waals surface area contributed by atoms with Gasteiger partial charge in [0, 0.05) is 10.0 Å². The summed E-state index contributed by atoms with van der Waals surface area (Å²) in [5.41, 5.74) is 8.90. The topological polar surface area (TPSA) is 76.7 Å². The molecule has 0 fully saturated rings. The summed E-state index contributed by atoms with van der Waals surface area (Å²) in [6.07, 6.45) is 1.49. The zero-order valence-corrected chi connectivity index (χ0v) is 12.7. The van der Waals surface area contributed by atoms with Crippen LogP contribution >= 0.6 is 15.9 Å². The second-order valence-electron chi connectivity index (χ2n) is 4.19. The van der Waals surface area contributed by atoms with Crippen LogP contribution in [0.1, 0.15) is 11.1 Å². The predicted octanol–water partition coefficient (Wildman–Crippen LogP) is 3.03. The van der Waals surface area contributed by atoms with Crippen LogP contribution in [0.3, 0.4) is 0 Å². The highest BCUT2D eigenvalue weighted by Gasteiger charge is 2.01. The first-order chi connectivity index (χ1) is 10.1. The Bertz CT molecular complexity index is 642. The molecule has 0 aromatic heterocycles. The molecular formula is C15H14BrN3O2. The van der Waals surface area contributed by atoms with Gasteiger partial charge in [-0.05, 0) is 29.8 Å². The quantitative estimate of drug-likeness (QED) is 0.644.